The average Bonchev–Trinajstić information content (AvgIpc) is 2.39. The van der Waals surface area contributed by atoms with Gasteiger partial charge in [-0.1, -0.05) is 29.8 Å². The Labute approximate surface area is 109 Å². The molecule has 0 radical (unpaired) electrons. The van der Waals surface area contributed by atoms with Gasteiger partial charge in [0.05, 0.1) is 13.2 Å². The van der Waals surface area contributed by atoms with Crippen molar-refractivity contribution in [1.82, 2.24) is 4.90 Å². The number of ether oxygens (including phenoxy) is 1. The van der Waals surface area contributed by atoms with E-state index in [-0.39, 0.29) is 12.6 Å². The van der Waals surface area contributed by atoms with Crippen molar-refractivity contribution in [2.24, 2.45) is 5.73 Å². The Morgan fingerprint density at radius 1 is 1.28 bits per heavy atom. The van der Waals surface area contributed by atoms with Gasteiger partial charge in [-0.05, 0) is 12.5 Å². The monoisotopic (exact) mass is 252 g/mol. The number of methoxy groups -OCH3 is 1. The lowest BCUT2D eigenvalue weighted by molar-refractivity contribution is 0.103. The van der Waals surface area contributed by atoms with Gasteiger partial charge >= 0.3 is 0 Å². The Balaban J connectivity index is 2.79. The van der Waals surface area contributed by atoms with E-state index in [0.29, 0.717) is 19.7 Å². The molecule has 0 amide bonds. The predicted octanol–water partition coefficient (Wildman–Crippen LogP) is 0.936. The zero-order valence-corrected chi connectivity index (χ0v) is 11.3. The minimum Gasteiger partial charge on any atom is -0.395 e. The van der Waals surface area contributed by atoms with Crippen molar-refractivity contribution >= 4 is 0 Å². The SMILES string of the molecule is COCCN(CCO)C(CN)c1ccc(C)cc1. The molecule has 4 heteroatoms. The van der Waals surface area contributed by atoms with E-state index >= 15 is 0 Å². The maximum absolute atomic E-state index is 9.15. The number of benzene rings is 1. The van der Waals surface area contributed by atoms with Gasteiger partial charge < -0.3 is 15.6 Å². The molecule has 0 spiro atoms. The fourth-order valence-corrected chi connectivity index (χ4v) is 2.05. The van der Waals surface area contributed by atoms with E-state index in [2.05, 4.69) is 36.1 Å². The highest BCUT2D eigenvalue weighted by Crippen LogP contribution is 2.19. The molecule has 1 atom stereocenters. The third kappa shape index (κ3) is 4.38. The second-order valence-corrected chi connectivity index (χ2v) is 4.41. The van der Waals surface area contributed by atoms with E-state index in [4.69, 9.17) is 15.6 Å². The third-order valence-corrected chi connectivity index (χ3v) is 3.10. The van der Waals surface area contributed by atoms with Crippen LogP contribution < -0.4 is 5.73 Å². The van der Waals surface area contributed by atoms with Crippen LogP contribution in [0.4, 0.5) is 0 Å². The number of nitrogens with zero attached hydrogens (tertiary/aromatic N) is 1. The van der Waals surface area contributed by atoms with E-state index in [1.54, 1.807) is 7.11 Å². The molecule has 0 aliphatic heterocycles. The molecule has 1 unspecified atom stereocenters. The molecule has 0 aliphatic carbocycles. The van der Waals surface area contributed by atoms with Crippen LogP contribution in [-0.2, 0) is 4.74 Å². The van der Waals surface area contributed by atoms with Crippen molar-refractivity contribution in [2.75, 3.05) is 40.0 Å². The number of aliphatic hydroxyl groups excluding tert-OH is 1. The van der Waals surface area contributed by atoms with Crippen molar-refractivity contribution in [1.29, 1.82) is 0 Å². The van der Waals surface area contributed by atoms with Gasteiger partial charge in [0.2, 0.25) is 0 Å². The fraction of sp³-hybridized carbons (Fsp3) is 0.571. The highest BCUT2D eigenvalue weighted by atomic mass is 16.5. The minimum atomic E-state index is 0.131. The van der Waals surface area contributed by atoms with E-state index in [9.17, 15) is 0 Å². The highest BCUT2D eigenvalue weighted by Gasteiger charge is 2.18. The second kappa shape index (κ2) is 8.21. The molecule has 0 aliphatic rings. The van der Waals surface area contributed by atoms with Crippen LogP contribution in [0, 0.1) is 6.92 Å². The largest absolute Gasteiger partial charge is 0.395 e. The smallest absolute Gasteiger partial charge is 0.0589 e. The first-order valence-electron chi connectivity index (χ1n) is 6.33. The quantitative estimate of drug-likeness (QED) is 0.723. The Hall–Kier alpha value is -0.940. The van der Waals surface area contributed by atoms with E-state index < -0.39 is 0 Å². The van der Waals surface area contributed by atoms with Crippen molar-refractivity contribution < 1.29 is 9.84 Å². The summed E-state index contributed by atoms with van der Waals surface area (Å²) in [5.74, 6) is 0. The Bertz CT molecular complexity index is 327. The molecule has 0 heterocycles. The average molecular weight is 252 g/mol. The molecule has 18 heavy (non-hydrogen) atoms. The van der Waals surface area contributed by atoms with E-state index in [1.807, 2.05) is 0 Å². The Morgan fingerprint density at radius 2 is 1.94 bits per heavy atom. The number of hydrogen-bond acceptors (Lipinski definition) is 4. The molecule has 0 aromatic heterocycles. The van der Waals surface area contributed by atoms with Crippen LogP contribution in [-0.4, -0.2) is 50.0 Å². The molecule has 0 bridgehead atoms. The number of rotatable bonds is 8. The van der Waals surface area contributed by atoms with Crippen molar-refractivity contribution in [2.45, 2.75) is 13.0 Å². The summed E-state index contributed by atoms with van der Waals surface area (Å²) in [5, 5.41) is 9.15. The molecule has 0 saturated carbocycles. The molecule has 102 valence electrons. The van der Waals surface area contributed by atoms with Gasteiger partial charge in [-0.2, -0.15) is 0 Å². The first kappa shape index (κ1) is 15.1. The lowest BCUT2D eigenvalue weighted by atomic mass is 10.0. The first-order valence-corrected chi connectivity index (χ1v) is 6.33. The summed E-state index contributed by atoms with van der Waals surface area (Å²) in [5.41, 5.74) is 8.31. The normalized spacial score (nSPS) is 12.9. The second-order valence-electron chi connectivity index (χ2n) is 4.41. The molecule has 4 nitrogen and oxygen atoms in total. The van der Waals surface area contributed by atoms with Gasteiger partial charge in [-0.3, -0.25) is 4.90 Å². The zero-order chi connectivity index (χ0) is 13.4. The van der Waals surface area contributed by atoms with Crippen LogP contribution in [0.2, 0.25) is 0 Å². The molecular formula is C14H24N2O2. The Kier molecular flexibility index (Phi) is 6.90. The van der Waals surface area contributed by atoms with Crippen molar-refractivity contribution in [3.8, 4) is 0 Å². The van der Waals surface area contributed by atoms with E-state index in [0.717, 1.165) is 6.54 Å². The van der Waals surface area contributed by atoms with Crippen molar-refractivity contribution in [3.63, 3.8) is 0 Å². The minimum absolute atomic E-state index is 0.131. The molecule has 0 saturated heterocycles. The summed E-state index contributed by atoms with van der Waals surface area (Å²) in [4.78, 5) is 2.16. The zero-order valence-electron chi connectivity index (χ0n) is 11.3. The van der Waals surface area contributed by atoms with Gasteiger partial charge in [0.15, 0.2) is 0 Å². The topological polar surface area (TPSA) is 58.7 Å². The summed E-state index contributed by atoms with van der Waals surface area (Å²) in [6, 6.07) is 8.51. The maximum atomic E-state index is 9.15. The number of hydrogen-bond donors (Lipinski definition) is 2. The van der Waals surface area contributed by atoms with Gasteiger partial charge in [0.25, 0.3) is 0 Å². The van der Waals surface area contributed by atoms with Crippen LogP contribution in [0.5, 0.6) is 0 Å². The van der Waals surface area contributed by atoms with Gasteiger partial charge in [0.1, 0.15) is 0 Å². The lowest BCUT2D eigenvalue weighted by Gasteiger charge is -2.30. The Morgan fingerprint density at radius 3 is 2.44 bits per heavy atom. The third-order valence-electron chi connectivity index (χ3n) is 3.10. The first-order chi connectivity index (χ1) is 8.72. The number of aryl methyl sites for hydroxylation is 1. The molecular weight excluding hydrogens is 228 g/mol. The van der Waals surface area contributed by atoms with Gasteiger partial charge in [0, 0.05) is 32.8 Å². The lowest BCUT2D eigenvalue weighted by Crippen LogP contribution is -2.38. The number of nitrogens with two attached hydrogens (primary N) is 1. The summed E-state index contributed by atoms with van der Waals surface area (Å²) in [7, 11) is 1.68. The van der Waals surface area contributed by atoms with Gasteiger partial charge in [-0.25, -0.2) is 0 Å². The summed E-state index contributed by atoms with van der Waals surface area (Å²) in [6.07, 6.45) is 0. The molecule has 0 fully saturated rings. The molecule has 1 aromatic rings. The summed E-state index contributed by atoms with van der Waals surface area (Å²) >= 11 is 0. The van der Waals surface area contributed by atoms with Crippen LogP contribution >= 0.6 is 0 Å². The fourth-order valence-electron chi connectivity index (χ4n) is 2.05. The van der Waals surface area contributed by atoms with Crippen LogP contribution in [0.15, 0.2) is 24.3 Å². The van der Waals surface area contributed by atoms with Crippen LogP contribution in [0.1, 0.15) is 17.2 Å². The molecule has 1 aromatic carbocycles. The highest BCUT2D eigenvalue weighted by molar-refractivity contribution is 5.24. The summed E-state index contributed by atoms with van der Waals surface area (Å²) < 4.78 is 5.10. The van der Waals surface area contributed by atoms with Crippen LogP contribution in [0.25, 0.3) is 0 Å². The van der Waals surface area contributed by atoms with E-state index in [1.165, 1.54) is 11.1 Å². The van der Waals surface area contributed by atoms with Crippen LogP contribution in [0.3, 0.4) is 0 Å². The van der Waals surface area contributed by atoms with Gasteiger partial charge in [-0.15, -0.1) is 0 Å². The maximum Gasteiger partial charge on any atom is 0.0589 e. The predicted molar refractivity (Wildman–Crippen MR) is 73.5 cm³/mol. The van der Waals surface area contributed by atoms with Crippen molar-refractivity contribution in [3.05, 3.63) is 35.4 Å². The molecule has 3 N–H and O–H groups in total. The standard InChI is InChI=1S/C14H24N2O2/c1-12-3-5-13(6-4-12)14(11-15)16(7-9-17)8-10-18-2/h3-6,14,17H,7-11,15H2,1-2H3. The molecule has 1 rings (SSSR count). The number of aliphatic hydroxyl groups is 1. The summed E-state index contributed by atoms with van der Waals surface area (Å²) in [6.45, 7) is 4.75.